The second-order valence-corrected chi connectivity index (χ2v) is 6.48. The van der Waals surface area contributed by atoms with Crippen LogP contribution in [0.4, 0.5) is 0 Å². The van der Waals surface area contributed by atoms with Gasteiger partial charge in [-0.05, 0) is 54.2 Å². The summed E-state index contributed by atoms with van der Waals surface area (Å²) in [6.07, 6.45) is 2.80. The molecule has 0 bridgehead atoms. The van der Waals surface area contributed by atoms with Gasteiger partial charge in [0.1, 0.15) is 0 Å². The number of ether oxygens (including phenoxy) is 1. The predicted molar refractivity (Wildman–Crippen MR) is 80.4 cm³/mol. The minimum atomic E-state index is -0.0994. The van der Waals surface area contributed by atoms with Crippen LogP contribution in [0.2, 0.25) is 0 Å². The summed E-state index contributed by atoms with van der Waals surface area (Å²) in [5, 5.41) is 8.85. The highest BCUT2D eigenvalue weighted by Crippen LogP contribution is 2.51. The van der Waals surface area contributed by atoms with Crippen molar-refractivity contribution in [3.8, 4) is 6.07 Å². The topological polar surface area (TPSA) is 50.1 Å². The summed E-state index contributed by atoms with van der Waals surface area (Å²) in [5.74, 6) is 1.83. The van der Waals surface area contributed by atoms with Crippen LogP contribution in [0.25, 0.3) is 0 Å². The molecule has 0 unspecified atom stereocenters. The fraction of sp³-hybridized carbons (Fsp3) is 0.500. The Morgan fingerprint density at radius 1 is 1.50 bits per heavy atom. The summed E-state index contributed by atoms with van der Waals surface area (Å²) in [7, 11) is 1.45. The van der Waals surface area contributed by atoms with Gasteiger partial charge in [0.05, 0.1) is 25.2 Å². The van der Waals surface area contributed by atoms with E-state index in [1.807, 2.05) is 36.9 Å². The summed E-state index contributed by atoms with van der Waals surface area (Å²) in [6.45, 7) is 2.04. The van der Waals surface area contributed by atoms with E-state index in [2.05, 4.69) is 6.07 Å². The van der Waals surface area contributed by atoms with E-state index >= 15 is 0 Å². The fourth-order valence-electron chi connectivity index (χ4n) is 2.23. The van der Waals surface area contributed by atoms with Gasteiger partial charge in [-0.15, -0.1) is 0 Å². The number of esters is 1. The van der Waals surface area contributed by atoms with Crippen LogP contribution in [-0.4, -0.2) is 18.8 Å². The number of benzene rings is 1. The minimum Gasteiger partial charge on any atom is -0.469 e. The van der Waals surface area contributed by atoms with Crippen LogP contribution >= 0.6 is 11.8 Å². The highest BCUT2D eigenvalue weighted by molar-refractivity contribution is 7.98. The Hall–Kier alpha value is -1.47. The molecule has 0 saturated heterocycles. The van der Waals surface area contributed by atoms with E-state index in [1.165, 1.54) is 12.7 Å². The first-order valence-corrected chi connectivity index (χ1v) is 7.88. The molecule has 1 aromatic rings. The smallest absolute Gasteiger partial charge is 0.306 e. The number of nitrogens with zero attached hydrogens (tertiary/aromatic N) is 1. The molecule has 0 atom stereocenters. The predicted octanol–water partition coefficient (Wildman–Crippen LogP) is 3.44. The summed E-state index contributed by atoms with van der Waals surface area (Å²) >= 11 is 1.87. The first kappa shape index (κ1) is 14.9. The van der Waals surface area contributed by atoms with Crippen molar-refractivity contribution in [2.75, 3.05) is 12.9 Å². The molecular weight excluding hydrogens is 270 g/mol. The third-order valence-electron chi connectivity index (χ3n) is 3.84. The van der Waals surface area contributed by atoms with Gasteiger partial charge >= 0.3 is 5.97 Å². The molecule has 2 rings (SSSR count). The average Bonchev–Trinajstić information content (AvgIpc) is 3.20. The molecule has 1 aliphatic carbocycles. The summed E-state index contributed by atoms with van der Waals surface area (Å²) in [5.41, 5.74) is 3.32. The highest BCUT2D eigenvalue weighted by atomic mass is 32.2. The SMILES string of the molecule is COC(=O)CC1(CSCc2ccc(C#N)cc2C)CC1. The Kier molecular flexibility index (Phi) is 4.72. The van der Waals surface area contributed by atoms with Crippen LogP contribution < -0.4 is 0 Å². The second kappa shape index (κ2) is 6.32. The lowest BCUT2D eigenvalue weighted by Crippen LogP contribution is -2.13. The Bertz CT molecular complexity index is 544. The highest BCUT2D eigenvalue weighted by Gasteiger charge is 2.44. The lowest BCUT2D eigenvalue weighted by atomic mass is 10.1. The van der Waals surface area contributed by atoms with Gasteiger partial charge in [-0.25, -0.2) is 0 Å². The Morgan fingerprint density at radius 2 is 2.25 bits per heavy atom. The molecule has 0 spiro atoms. The van der Waals surface area contributed by atoms with Crippen molar-refractivity contribution in [1.29, 1.82) is 5.26 Å². The molecule has 3 nitrogen and oxygen atoms in total. The molecule has 0 N–H and O–H groups in total. The van der Waals surface area contributed by atoms with Crippen molar-refractivity contribution in [2.24, 2.45) is 5.41 Å². The van der Waals surface area contributed by atoms with Gasteiger partial charge in [-0.3, -0.25) is 4.79 Å². The molecule has 4 heteroatoms. The Morgan fingerprint density at radius 3 is 2.80 bits per heavy atom. The molecule has 1 saturated carbocycles. The molecule has 0 aromatic heterocycles. The number of hydrogen-bond acceptors (Lipinski definition) is 4. The third-order valence-corrected chi connectivity index (χ3v) is 5.17. The zero-order valence-corrected chi connectivity index (χ0v) is 12.8. The van der Waals surface area contributed by atoms with Crippen molar-refractivity contribution in [2.45, 2.75) is 31.9 Å². The monoisotopic (exact) mass is 289 g/mol. The molecule has 1 aromatic carbocycles. The normalized spacial score (nSPS) is 15.4. The number of carbonyl (C=O) groups excluding carboxylic acids is 1. The molecule has 1 aliphatic rings. The van der Waals surface area contributed by atoms with E-state index < -0.39 is 0 Å². The number of methoxy groups -OCH3 is 1. The van der Waals surface area contributed by atoms with Gasteiger partial charge in [0.25, 0.3) is 0 Å². The van der Waals surface area contributed by atoms with Crippen LogP contribution in [0, 0.1) is 23.7 Å². The lowest BCUT2D eigenvalue weighted by molar-refractivity contribution is -0.141. The number of thioether (sulfide) groups is 1. The van der Waals surface area contributed by atoms with Crippen LogP contribution in [0.5, 0.6) is 0 Å². The summed E-state index contributed by atoms with van der Waals surface area (Å²) in [4.78, 5) is 11.4. The Balaban J connectivity index is 1.85. The van der Waals surface area contributed by atoms with Crippen molar-refractivity contribution < 1.29 is 9.53 Å². The van der Waals surface area contributed by atoms with E-state index in [0.717, 1.165) is 29.9 Å². The van der Waals surface area contributed by atoms with Crippen molar-refractivity contribution in [3.63, 3.8) is 0 Å². The standard InChI is InChI=1S/C16H19NO2S/c1-12-7-13(9-17)3-4-14(12)10-20-11-16(5-6-16)8-15(18)19-2/h3-4,7H,5-6,8,10-11H2,1-2H3. The third kappa shape index (κ3) is 3.77. The number of aryl methyl sites for hydroxylation is 1. The van der Waals surface area contributed by atoms with Crippen LogP contribution in [-0.2, 0) is 15.3 Å². The lowest BCUT2D eigenvalue weighted by Gasteiger charge is -2.13. The van der Waals surface area contributed by atoms with Gasteiger partial charge in [-0.2, -0.15) is 17.0 Å². The van der Waals surface area contributed by atoms with E-state index in [0.29, 0.717) is 12.0 Å². The largest absolute Gasteiger partial charge is 0.469 e. The first-order valence-electron chi connectivity index (χ1n) is 6.73. The van der Waals surface area contributed by atoms with E-state index in [4.69, 9.17) is 10.00 Å². The molecule has 0 heterocycles. The number of rotatable bonds is 6. The van der Waals surface area contributed by atoms with Gasteiger partial charge in [0.15, 0.2) is 0 Å². The van der Waals surface area contributed by atoms with Crippen LogP contribution in [0.1, 0.15) is 36.0 Å². The molecule has 0 radical (unpaired) electrons. The maximum absolute atomic E-state index is 11.4. The zero-order valence-electron chi connectivity index (χ0n) is 11.9. The number of hydrogen-bond donors (Lipinski definition) is 0. The van der Waals surface area contributed by atoms with Gasteiger partial charge in [0.2, 0.25) is 0 Å². The number of nitriles is 1. The van der Waals surface area contributed by atoms with Crippen molar-refractivity contribution >= 4 is 17.7 Å². The Labute approximate surface area is 124 Å². The summed E-state index contributed by atoms with van der Waals surface area (Å²) < 4.78 is 4.76. The van der Waals surface area contributed by atoms with E-state index in [-0.39, 0.29) is 11.4 Å². The fourth-order valence-corrected chi connectivity index (χ4v) is 3.70. The molecule has 0 amide bonds. The van der Waals surface area contributed by atoms with Crippen LogP contribution in [0.15, 0.2) is 18.2 Å². The zero-order chi connectivity index (χ0) is 14.6. The maximum Gasteiger partial charge on any atom is 0.306 e. The molecule has 106 valence electrons. The summed E-state index contributed by atoms with van der Waals surface area (Å²) in [6, 6.07) is 7.98. The quantitative estimate of drug-likeness (QED) is 0.753. The average molecular weight is 289 g/mol. The van der Waals surface area contributed by atoms with Crippen molar-refractivity contribution in [3.05, 3.63) is 34.9 Å². The van der Waals surface area contributed by atoms with Crippen LogP contribution in [0.3, 0.4) is 0 Å². The second-order valence-electron chi connectivity index (χ2n) is 5.50. The maximum atomic E-state index is 11.4. The van der Waals surface area contributed by atoms with Gasteiger partial charge < -0.3 is 4.74 Å². The van der Waals surface area contributed by atoms with Gasteiger partial charge in [-0.1, -0.05) is 6.07 Å². The molecule has 1 fully saturated rings. The van der Waals surface area contributed by atoms with Crippen molar-refractivity contribution in [1.82, 2.24) is 0 Å². The first-order chi connectivity index (χ1) is 9.58. The molecule has 20 heavy (non-hydrogen) atoms. The van der Waals surface area contributed by atoms with E-state index in [1.54, 1.807) is 0 Å². The van der Waals surface area contributed by atoms with Gasteiger partial charge in [0, 0.05) is 5.75 Å². The number of carbonyl (C=O) groups is 1. The minimum absolute atomic E-state index is 0.0994. The van der Waals surface area contributed by atoms with E-state index in [9.17, 15) is 4.79 Å². The molecule has 0 aliphatic heterocycles. The molecular formula is C16H19NO2S.